The molecule has 2 fully saturated rings. The maximum Gasteiger partial charge on any atom is 0.251 e. The first-order valence-corrected chi connectivity index (χ1v) is 7.97. The molecule has 3 heteroatoms. The summed E-state index contributed by atoms with van der Waals surface area (Å²) in [5.41, 5.74) is 2.96. The molecular weight excluding hydrogens is 272 g/mol. The van der Waals surface area contributed by atoms with Crippen LogP contribution in [0.25, 0.3) is 11.1 Å². The quantitative estimate of drug-likeness (QED) is 0.909. The van der Waals surface area contributed by atoms with E-state index in [4.69, 9.17) is 0 Å². The predicted molar refractivity (Wildman–Crippen MR) is 87.6 cm³/mol. The molecule has 3 nitrogen and oxygen atoms in total. The summed E-state index contributed by atoms with van der Waals surface area (Å²) < 4.78 is 0. The van der Waals surface area contributed by atoms with Gasteiger partial charge >= 0.3 is 0 Å². The van der Waals surface area contributed by atoms with Crippen LogP contribution in [0.5, 0.6) is 0 Å². The summed E-state index contributed by atoms with van der Waals surface area (Å²) in [6.45, 7) is 3.05. The summed E-state index contributed by atoms with van der Waals surface area (Å²) in [6, 6.07) is 18.0. The van der Waals surface area contributed by atoms with E-state index in [0.29, 0.717) is 5.92 Å². The smallest absolute Gasteiger partial charge is 0.251 e. The third-order valence-electron chi connectivity index (χ3n) is 5.00. The number of piperidine rings is 1. The second-order valence-corrected chi connectivity index (χ2v) is 6.31. The van der Waals surface area contributed by atoms with Crippen LogP contribution in [0.4, 0.5) is 0 Å². The van der Waals surface area contributed by atoms with E-state index >= 15 is 0 Å². The second kappa shape index (κ2) is 5.58. The zero-order valence-electron chi connectivity index (χ0n) is 12.5. The molecule has 0 radical (unpaired) electrons. The lowest BCUT2D eigenvalue weighted by molar-refractivity contribution is 0.0950. The Hall–Kier alpha value is -2.13. The Morgan fingerprint density at radius 3 is 2.50 bits per heavy atom. The molecule has 0 spiro atoms. The Balaban J connectivity index is 1.42. The van der Waals surface area contributed by atoms with Gasteiger partial charge in [0.2, 0.25) is 0 Å². The summed E-state index contributed by atoms with van der Waals surface area (Å²) in [4.78, 5) is 12.4. The topological polar surface area (TPSA) is 41.1 Å². The van der Waals surface area contributed by atoms with Gasteiger partial charge in [0.05, 0.1) is 0 Å². The van der Waals surface area contributed by atoms with Crippen molar-refractivity contribution in [1.82, 2.24) is 10.6 Å². The largest absolute Gasteiger partial charge is 0.352 e. The molecule has 1 heterocycles. The van der Waals surface area contributed by atoms with E-state index < -0.39 is 0 Å². The van der Waals surface area contributed by atoms with Crippen molar-refractivity contribution < 1.29 is 4.79 Å². The standard InChI is InChI=1S/C19H20N2O/c22-19(21-12-18-16-10-20-11-17(16)18)15-8-4-7-14(9-15)13-5-2-1-3-6-13/h1-9,16-18,20H,10-12H2,(H,21,22). The van der Waals surface area contributed by atoms with Gasteiger partial charge in [-0.3, -0.25) is 4.79 Å². The highest BCUT2D eigenvalue weighted by atomic mass is 16.1. The van der Waals surface area contributed by atoms with Crippen molar-refractivity contribution in [3.63, 3.8) is 0 Å². The van der Waals surface area contributed by atoms with Crippen LogP contribution in [-0.2, 0) is 0 Å². The monoisotopic (exact) mass is 292 g/mol. The third-order valence-corrected chi connectivity index (χ3v) is 5.00. The van der Waals surface area contributed by atoms with Crippen LogP contribution in [0.1, 0.15) is 10.4 Å². The lowest BCUT2D eigenvalue weighted by atomic mass is 10.0. The molecule has 2 aromatic carbocycles. The number of benzene rings is 2. The molecule has 1 amide bonds. The highest BCUT2D eigenvalue weighted by Crippen LogP contribution is 2.47. The normalized spacial score (nSPS) is 25.5. The number of rotatable bonds is 4. The van der Waals surface area contributed by atoms with Gasteiger partial charge in [0, 0.05) is 12.1 Å². The minimum absolute atomic E-state index is 0.0377. The number of fused-ring (bicyclic) bond motifs is 1. The predicted octanol–water partition coefficient (Wildman–Crippen LogP) is 2.55. The van der Waals surface area contributed by atoms with Gasteiger partial charge in [-0.25, -0.2) is 0 Å². The van der Waals surface area contributed by atoms with Crippen LogP contribution < -0.4 is 10.6 Å². The van der Waals surface area contributed by atoms with Crippen LogP contribution in [-0.4, -0.2) is 25.5 Å². The Bertz CT molecular complexity index is 673. The molecule has 4 rings (SSSR count). The SMILES string of the molecule is O=C(NCC1C2CNCC21)c1cccc(-c2ccccc2)c1. The third kappa shape index (κ3) is 2.53. The van der Waals surface area contributed by atoms with Gasteiger partial charge in [-0.15, -0.1) is 0 Å². The van der Waals surface area contributed by atoms with Gasteiger partial charge in [0.25, 0.3) is 5.91 Å². The number of amides is 1. The number of nitrogens with one attached hydrogen (secondary N) is 2. The molecule has 1 aliphatic carbocycles. The maximum absolute atomic E-state index is 12.4. The fourth-order valence-electron chi connectivity index (χ4n) is 3.63. The molecule has 1 saturated carbocycles. The van der Waals surface area contributed by atoms with E-state index in [2.05, 4.69) is 22.8 Å². The number of hydrogen-bond acceptors (Lipinski definition) is 2. The van der Waals surface area contributed by atoms with Gasteiger partial charge in [-0.1, -0.05) is 42.5 Å². The molecule has 0 aromatic heterocycles. The van der Waals surface area contributed by atoms with Crippen LogP contribution >= 0.6 is 0 Å². The summed E-state index contributed by atoms with van der Waals surface area (Å²) >= 11 is 0. The molecular formula is C19H20N2O. The Morgan fingerprint density at radius 2 is 1.73 bits per heavy atom. The average Bonchev–Trinajstić information content (AvgIpc) is 3.01. The lowest BCUT2D eigenvalue weighted by Gasteiger charge is -2.08. The molecule has 1 saturated heterocycles. The Morgan fingerprint density at radius 1 is 1.00 bits per heavy atom. The molecule has 2 N–H and O–H groups in total. The van der Waals surface area contributed by atoms with Crippen LogP contribution in [0.2, 0.25) is 0 Å². The van der Waals surface area contributed by atoms with E-state index in [0.717, 1.165) is 48.2 Å². The van der Waals surface area contributed by atoms with E-state index in [1.54, 1.807) is 0 Å². The highest BCUT2D eigenvalue weighted by molar-refractivity contribution is 5.95. The van der Waals surface area contributed by atoms with Crippen molar-refractivity contribution in [1.29, 1.82) is 0 Å². The first-order valence-electron chi connectivity index (χ1n) is 7.97. The van der Waals surface area contributed by atoms with E-state index in [1.807, 2.05) is 42.5 Å². The van der Waals surface area contributed by atoms with Crippen LogP contribution in [0.3, 0.4) is 0 Å². The van der Waals surface area contributed by atoms with E-state index in [1.165, 1.54) is 0 Å². The molecule has 112 valence electrons. The summed E-state index contributed by atoms with van der Waals surface area (Å²) in [5.74, 6) is 2.30. The van der Waals surface area contributed by atoms with E-state index in [-0.39, 0.29) is 5.91 Å². The average molecular weight is 292 g/mol. The van der Waals surface area contributed by atoms with E-state index in [9.17, 15) is 4.79 Å². The van der Waals surface area contributed by atoms with Crippen molar-refractivity contribution in [2.45, 2.75) is 0 Å². The maximum atomic E-state index is 12.4. The zero-order chi connectivity index (χ0) is 14.9. The van der Waals surface area contributed by atoms with Gasteiger partial charge in [0.15, 0.2) is 0 Å². The summed E-state index contributed by atoms with van der Waals surface area (Å²) in [6.07, 6.45) is 0. The lowest BCUT2D eigenvalue weighted by Crippen LogP contribution is -2.28. The minimum Gasteiger partial charge on any atom is -0.352 e. The van der Waals surface area contributed by atoms with Crippen molar-refractivity contribution >= 4 is 5.91 Å². The fraction of sp³-hybridized carbons (Fsp3) is 0.316. The van der Waals surface area contributed by atoms with Gasteiger partial charge < -0.3 is 10.6 Å². The number of carbonyl (C=O) groups is 1. The molecule has 2 atom stereocenters. The van der Waals surface area contributed by atoms with Crippen LogP contribution in [0, 0.1) is 17.8 Å². The first-order chi connectivity index (χ1) is 10.8. The van der Waals surface area contributed by atoms with Gasteiger partial charge in [0.1, 0.15) is 0 Å². The number of carbonyl (C=O) groups excluding carboxylic acids is 1. The van der Waals surface area contributed by atoms with Crippen LogP contribution in [0.15, 0.2) is 54.6 Å². The second-order valence-electron chi connectivity index (χ2n) is 6.31. The van der Waals surface area contributed by atoms with Crippen molar-refractivity contribution in [2.24, 2.45) is 17.8 Å². The molecule has 2 unspecified atom stereocenters. The molecule has 2 aromatic rings. The molecule has 2 aliphatic rings. The van der Waals surface area contributed by atoms with Crippen molar-refractivity contribution in [2.75, 3.05) is 19.6 Å². The van der Waals surface area contributed by atoms with Gasteiger partial charge in [-0.05, 0) is 54.1 Å². The first kappa shape index (κ1) is 13.5. The zero-order valence-corrected chi connectivity index (χ0v) is 12.5. The van der Waals surface area contributed by atoms with Gasteiger partial charge in [-0.2, -0.15) is 0 Å². The fourth-order valence-corrected chi connectivity index (χ4v) is 3.63. The number of hydrogen-bond donors (Lipinski definition) is 2. The summed E-state index contributed by atoms with van der Waals surface area (Å²) in [5, 5.41) is 6.49. The minimum atomic E-state index is 0.0377. The van der Waals surface area contributed by atoms with Crippen molar-refractivity contribution in [3.05, 3.63) is 60.2 Å². The molecule has 22 heavy (non-hydrogen) atoms. The highest BCUT2D eigenvalue weighted by Gasteiger charge is 2.52. The molecule has 1 aliphatic heterocycles. The Labute approximate surface area is 130 Å². The molecule has 0 bridgehead atoms. The Kier molecular flexibility index (Phi) is 3.43. The van der Waals surface area contributed by atoms with Crippen molar-refractivity contribution in [3.8, 4) is 11.1 Å². The summed E-state index contributed by atoms with van der Waals surface area (Å²) in [7, 11) is 0.